The average molecular weight is 513 g/mol. The minimum Gasteiger partial charge on any atom is -0.495 e. The number of benzene rings is 2. The van der Waals surface area contributed by atoms with E-state index in [1.54, 1.807) is 35.3 Å². The van der Waals surface area contributed by atoms with Crippen LogP contribution in [0.3, 0.4) is 0 Å². The molecular formula is C25H22Cl2N4O2S. The zero-order valence-corrected chi connectivity index (χ0v) is 20.8. The number of amides is 1. The maximum absolute atomic E-state index is 13.7. The number of hydrogen-bond donors (Lipinski definition) is 0. The van der Waals surface area contributed by atoms with Crippen LogP contribution in [-0.2, 0) is 0 Å². The lowest BCUT2D eigenvalue weighted by Crippen LogP contribution is -2.49. The molecule has 34 heavy (non-hydrogen) atoms. The van der Waals surface area contributed by atoms with Gasteiger partial charge in [0.25, 0.3) is 5.91 Å². The van der Waals surface area contributed by atoms with E-state index in [0.717, 1.165) is 22.0 Å². The van der Waals surface area contributed by atoms with Crippen LogP contribution in [0.4, 0.5) is 5.69 Å². The predicted octanol–water partition coefficient (Wildman–Crippen LogP) is 5.88. The number of methoxy groups -OCH3 is 1. The van der Waals surface area contributed by atoms with Gasteiger partial charge in [-0.1, -0.05) is 41.4 Å². The molecule has 0 spiro atoms. The fraction of sp³-hybridized carbons (Fsp3) is 0.200. The van der Waals surface area contributed by atoms with Gasteiger partial charge in [-0.2, -0.15) is 5.10 Å². The Bertz CT molecular complexity index is 1310. The molecule has 2 aromatic heterocycles. The third-order valence-corrected chi connectivity index (χ3v) is 7.47. The Morgan fingerprint density at radius 2 is 1.76 bits per heavy atom. The van der Waals surface area contributed by atoms with Gasteiger partial charge in [-0.05, 0) is 47.8 Å². The lowest BCUT2D eigenvalue weighted by molar-refractivity contribution is 0.0737. The van der Waals surface area contributed by atoms with Crippen molar-refractivity contribution in [2.24, 2.45) is 0 Å². The molecule has 1 aliphatic rings. The van der Waals surface area contributed by atoms with E-state index in [2.05, 4.69) is 4.90 Å². The molecule has 0 aliphatic carbocycles. The minimum absolute atomic E-state index is 0.0685. The van der Waals surface area contributed by atoms with Crippen LogP contribution in [0.2, 0.25) is 10.0 Å². The van der Waals surface area contributed by atoms with Crippen molar-refractivity contribution in [1.29, 1.82) is 0 Å². The highest BCUT2D eigenvalue weighted by Gasteiger charge is 2.27. The van der Waals surface area contributed by atoms with Gasteiger partial charge in [0, 0.05) is 26.2 Å². The van der Waals surface area contributed by atoms with E-state index in [4.69, 9.17) is 33.0 Å². The van der Waals surface area contributed by atoms with Gasteiger partial charge in [-0.3, -0.25) is 4.79 Å². The smallest absolute Gasteiger partial charge is 0.272 e. The van der Waals surface area contributed by atoms with Crippen LogP contribution < -0.4 is 9.64 Å². The van der Waals surface area contributed by atoms with Gasteiger partial charge in [-0.25, -0.2) is 4.68 Å². The number of nitrogens with zero attached hydrogens (tertiary/aromatic N) is 4. The Morgan fingerprint density at radius 1 is 0.971 bits per heavy atom. The van der Waals surface area contributed by atoms with Gasteiger partial charge in [0.1, 0.15) is 17.1 Å². The molecule has 174 valence electrons. The molecule has 0 saturated carbocycles. The number of carbonyl (C=O) groups excluding carboxylic acids is 1. The third kappa shape index (κ3) is 4.39. The Labute approximate surface area is 211 Å². The van der Waals surface area contributed by atoms with Crippen molar-refractivity contribution in [3.8, 4) is 22.0 Å². The molecule has 2 aromatic carbocycles. The van der Waals surface area contributed by atoms with E-state index in [-0.39, 0.29) is 5.91 Å². The van der Waals surface area contributed by atoms with Gasteiger partial charge in [0.05, 0.1) is 33.4 Å². The molecule has 0 unspecified atom stereocenters. The van der Waals surface area contributed by atoms with Crippen molar-refractivity contribution in [3.05, 3.63) is 81.8 Å². The summed E-state index contributed by atoms with van der Waals surface area (Å²) in [6.45, 7) is 2.62. The molecule has 0 bridgehead atoms. The Morgan fingerprint density at radius 3 is 2.47 bits per heavy atom. The van der Waals surface area contributed by atoms with Gasteiger partial charge in [-0.15, -0.1) is 11.3 Å². The highest BCUT2D eigenvalue weighted by molar-refractivity contribution is 7.13. The van der Waals surface area contributed by atoms with Crippen molar-refractivity contribution in [3.63, 3.8) is 0 Å². The van der Waals surface area contributed by atoms with E-state index in [0.29, 0.717) is 47.6 Å². The topological polar surface area (TPSA) is 50.6 Å². The normalized spacial score (nSPS) is 13.9. The Hall–Kier alpha value is -3.00. The molecule has 4 aromatic rings. The van der Waals surface area contributed by atoms with Gasteiger partial charge >= 0.3 is 0 Å². The second-order valence-electron chi connectivity index (χ2n) is 7.85. The van der Waals surface area contributed by atoms with Crippen LogP contribution >= 0.6 is 34.5 Å². The molecule has 1 amide bonds. The molecule has 3 heterocycles. The Balaban J connectivity index is 1.43. The highest BCUT2D eigenvalue weighted by Crippen LogP contribution is 2.31. The highest BCUT2D eigenvalue weighted by atomic mass is 35.5. The summed E-state index contributed by atoms with van der Waals surface area (Å²) in [5, 5.41) is 7.61. The zero-order chi connectivity index (χ0) is 23.7. The minimum atomic E-state index is -0.0685. The number of carbonyl (C=O) groups is 1. The van der Waals surface area contributed by atoms with Crippen molar-refractivity contribution >= 4 is 46.1 Å². The van der Waals surface area contributed by atoms with Crippen LogP contribution in [-0.4, -0.2) is 53.9 Å². The quantitative estimate of drug-likeness (QED) is 0.335. The number of aromatic nitrogens is 2. The lowest BCUT2D eigenvalue weighted by Gasteiger charge is -2.36. The fourth-order valence-corrected chi connectivity index (χ4v) is 5.07. The van der Waals surface area contributed by atoms with E-state index >= 15 is 0 Å². The van der Waals surface area contributed by atoms with E-state index in [1.165, 1.54) is 0 Å². The molecule has 0 atom stereocenters. The van der Waals surface area contributed by atoms with Crippen molar-refractivity contribution in [1.82, 2.24) is 14.7 Å². The molecular weight excluding hydrogens is 491 g/mol. The van der Waals surface area contributed by atoms with Gasteiger partial charge in [0.15, 0.2) is 0 Å². The molecule has 9 heteroatoms. The molecule has 0 N–H and O–H groups in total. The van der Waals surface area contributed by atoms with Gasteiger partial charge in [0.2, 0.25) is 0 Å². The molecule has 6 nitrogen and oxygen atoms in total. The zero-order valence-electron chi connectivity index (χ0n) is 18.4. The largest absolute Gasteiger partial charge is 0.495 e. The van der Waals surface area contributed by atoms with Crippen molar-refractivity contribution in [2.45, 2.75) is 0 Å². The van der Waals surface area contributed by atoms with Crippen LogP contribution in [0.25, 0.3) is 16.3 Å². The molecule has 1 saturated heterocycles. The summed E-state index contributed by atoms with van der Waals surface area (Å²) in [6.07, 6.45) is 0. The number of ether oxygens (including phenoxy) is 1. The third-order valence-electron chi connectivity index (χ3n) is 5.84. The van der Waals surface area contributed by atoms with Crippen molar-refractivity contribution < 1.29 is 9.53 Å². The van der Waals surface area contributed by atoms with Crippen LogP contribution in [0.1, 0.15) is 10.5 Å². The first kappa shape index (κ1) is 22.8. The monoisotopic (exact) mass is 512 g/mol. The number of para-hydroxylation sites is 2. The maximum Gasteiger partial charge on any atom is 0.272 e. The predicted molar refractivity (Wildman–Crippen MR) is 138 cm³/mol. The first-order valence-electron chi connectivity index (χ1n) is 10.8. The summed E-state index contributed by atoms with van der Waals surface area (Å²) >= 11 is 14.0. The molecule has 1 fully saturated rings. The number of piperazine rings is 1. The second-order valence-corrected chi connectivity index (χ2v) is 9.62. The first-order chi connectivity index (χ1) is 16.5. The number of rotatable bonds is 5. The number of thiophene rings is 1. The molecule has 5 rings (SSSR count). The second kappa shape index (κ2) is 9.70. The van der Waals surface area contributed by atoms with E-state index < -0.39 is 0 Å². The lowest BCUT2D eigenvalue weighted by atomic mass is 10.2. The summed E-state index contributed by atoms with van der Waals surface area (Å²) in [4.78, 5) is 18.8. The summed E-state index contributed by atoms with van der Waals surface area (Å²) < 4.78 is 7.17. The molecule has 0 radical (unpaired) electrons. The number of halogens is 2. The number of anilines is 1. The van der Waals surface area contributed by atoms with E-state index in [1.807, 2.05) is 58.8 Å². The summed E-state index contributed by atoms with van der Waals surface area (Å²) in [5.74, 6) is 0.765. The van der Waals surface area contributed by atoms with Crippen LogP contribution in [0.5, 0.6) is 5.75 Å². The SMILES string of the molecule is COc1ccccc1N1CCN(C(=O)c2cc(-c3cccs3)nn2-c2ccc(Cl)c(Cl)c2)CC1. The van der Waals surface area contributed by atoms with Gasteiger partial charge < -0.3 is 14.5 Å². The summed E-state index contributed by atoms with van der Waals surface area (Å²) in [7, 11) is 1.67. The standard InChI is InChI=1S/C25H22Cl2N4O2S/c1-33-23-6-3-2-5-21(23)29-10-12-30(13-11-29)25(32)22-16-20(24-7-4-14-34-24)28-31(22)17-8-9-18(26)19(27)15-17/h2-9,14-16H,10-13H2,1H3. The average Bonchev–Trinajstić information content (AvgIpc) is 3.56. The fourth-order valence-electron chi connectivity index (χ4n) is 4.10. The van der Waals surface area contributed by atoms with Crippen molar-refractivity contribution in [2.75, 3.05) is 38.2 Å². The Kier molecular flexibility index (Phi) is 6.50. The summed E-state index contributed by atoms with van der Waals surface area (Å²) in [5.41, 5.74) is 2.97. The van der Waals surface area contributed by atoms with Crippen LogP contribution in [0, 0.1) is 0 Å². The summed E-state index contributed by atoms with van der Waals surface area (Å²) in [6, 6.07) is 19.0. The first-order valence-corrected chi connectivity index (χ1v) is 12.5. The maximum atomic E-state index is 13.7. The number of hydrogen-bond acceptors (Lipinski definition) is 5. The molecule has 1 aliphatic heterocycles. The van der Waals surface area contributed by atoms with Crippen LogP contribution in [0.15, 0.2) is 66.0 Å². The van der Waals surface area contributed by atoms with E-state index in [9.17, 15) is 4.79 Å².